The summed E-state index contributed by atoms with van der Waals surface area (Å²) in [7, 11) is 0. The van der Waals surface area contributed by atoms with Crippen molar-refractivity contribution in [2.45, 2.75) is 0 Å². The molecule has 2 N–H and O–H groups in total. The van der Waals surface area contributed by atoms with Crippen LogP contribution in [0.5, 0.6) is 0 Å². The molecule has 0 atom stereocenters. The molecule has 81 valence electrons. The molecule has 0 heterocycles. The SMILES string of the molecule is N#CC(=Cc1c[c]ccc1)C(=O)NCCO. The van der Waals surface area contributed by atoms with Crippen LogP contribution in [0, 0.1) is 17.4 Å². The van der Waals surface area contributed by atoms with E-state index >= 15 is 0 Å². The number of carbonyl (C=O) groups excluding carboxylic acids is 1. The molecule has 4 heteroatoms. The maximum atomic E-state index is 11.4. The maximum absolute atomic E-state index is 11.4. The molecule has 0 saturated carbocycles. The molecule has 0 saturated heterocycles. The third kappa shape index (κ3) is 3.56. The molecule has 1 amide bonds. The van der Waals surface area contributed by atoms with Crippen LogP contribution in [-0.4, -0.2) is 24.2 Å². The Morgan fingerprint density at radius 1 is 1.69 bits per heavy atom. The highest BCUT2D eigenvalue weighted by molar-refractivity contribution is 6.01. The van der Waals surface area contributed by atoms with E-state index in [1.807, 2.05) is 6.07 Å². The third-order valence-corrected chi connectivity index (χ3v) is 1.80. The Kier molecular flexibility index (Phi) is 4.77. The number of hydrogen-bond donors (Lipinski definition) is 2. The Labute approximate surface area is 93.8 Å². The van der Waals surface area contributed by atoms with Gasteiger partial charge in [-0.3, -0.25) is 4.79 Å². The average Bonchev–Trinajstić information content (AvgIpc) is 2.34. The standard InChI is InChI=1S/C12H11N2O2/c13-9-11(12(16)14-6-7-15)8-10-4-2-1-3-5-10/h1-2,4-5,8,15H,6-7H2,(H,14,16). The van der Waals surface area contributed by atoms with Gasteiger partial charge in [-0.15, -0.1) is 0 Å². The summed E-state index contributed by atoms with van der Waals surface area (Å²) in [5.41, 5.74) is 0.742. The molecule has 4 nitrogen and oxygen atoms in total. The van der Waals surface area contributed by atoms with Crippen molar-refractivity contribution in [1.82, 2.24) is 5.32 Å². The smallest absolute Gasteiger partial charge is 0.262 e. The molecular formula is C12H11N2O2. The van der Waals surface area contributed by atoms with Gasteiger partial charge in [0.2, 0.25) is 0 Å². The summed E-state index contributed by atoms with van der Waals surface area (Å²) in [4.78, 5) is 11.4. The van der Waals surface area contributed by atoms with E-state index in [0.717, 1.165) is 5.56 Å². The van der Waals surface area contributed by atoms with Crippen LogP contribution >= 0.6 is 0 Å². The van der Waals surface area contributed by atoms with Gasteiger partial charge < -0.3 is 10.4 Å². The number of carbonyl (C=O) groups is 1. The van der Waals surface area contributed by atoms with Gasteiger partial charge in [-0.25, -0.2) is 0 Å². The van der Waals surface area contributed by atoms with Crippen molar-refractivity contribution in [3.05, 3.63) is 41.5 Å². The highest BCUT2D eigenvalue weighted by Gasteiger charge is 2.07. The van der Waals surface area contributed by atoms with Gasteiger partial charge >= 0.3 is 0 Å². The van der Waals surface area contributed by atoms with Crippen LogP contribution in [0.15, 0.2) is 29.8 Å². The van der Waals surface area contributed by atoms with Crippen LogP contribution in [0.1, 0.15) is 5.56 Å². The minimum absolute atomic E-state index is 0.00745. The fourth-order valence-corrected chi connectivity index (χ4v) is 1.08. The Hall–Kier alpha value is -2.12. The predicted octanol–water partition coefficient (Wildman–Crippen LogP) is 0.502. The first-order valence-electron chi connectivity index (χ1n) is 4.75. The van der Waals surface area contributed by atoms with Crippen LogP contribution in [0.4, 0.5) is 0 Å². The zero-order valence-electron chi connectivity index (χ0n) is 8.60. The van der Waals surface area contributed by atoms with E-state index in [0.29, 0.717) is 0 Å². The predicted molar refractivity (Wildman–Crippen MR) is 59.0 cm³/mol. The van der Waals surface area contributed by atoms with E-state index in [2.05, 4.69) is 11.4 Å². The maximum Gasteiger partial charge on any atom is 0.262 e. The molecule has 0 fully saturated rings. The van der Waals surface area contributed by atoms with Gasteiger partial charge in [0.05, 0.1) is 6.61 Å². The van der Waals surface area contributed by atoms with Crippen molar-refractivity contribution in [3.63, 3.8) is 0 Å². The molecule has 0 aromatic heterocycles. The molecular weight excluding hydrogens is 204 g/mol. The topological polar surface area (TPSA) is 73.1 Å². The Bertz CT molecular complexity index is 418. The fourth-order valence-electron chi connectivity index (χ4n) is 1.08. The van der Waals surface area contributed by atoms with Gasteiger partial charge in [-0.1, -0.05) is 18.2 Å². The summed E-state index contributed by atoms with van der Waals surface area (Å²) in [5.74, 6) is -0.486. The lowest BCUT2D eigenvalue weighted by Crippen LogP contribution is -2.27. The highest BCUT2D eigenvalue weighted by atomic mass is 16.3. The van der Waals surface area contributed by atoms with E-state index in [1.165, 1.54) is 6.08 Å². The Morgan fingerprint density at radius 2 is 2.50 bits per heavy atom. The monoisotopic (exact) mass is 215 g/mol. The number of aliphatic hydroxyl groups excluding tert-OH is 1. The van der Waals surface area contributed by atoms with Crippen LogP contribution in [0.3, 0.4) is 0 Å². The van der Waals surface area contributed by atoms with Gasteiger partial charge in [0.1, 0.15) is 11.6 Å². The van der Waals surface area contributed by atoms with Crippen molar-refractivity contribution in [3.8, 4) is 6.07 Å². The number of amides is 1. The molecule has 16 heavy (non-hydrogen) atoms. The minimum atomic E-state index is -0.486. The molecule has 1 aromatic carbocycles. The second kappa shape index (κ2) is 6.38. The van der Waals surface area contributed by atoms with Gasteiger partial charge in [0.25, 0.3) is 5.91 Å². The second-order valence-corrected chi connectivity index (χ2v) is 2.99. The summed E-state index contributed by atoms with van der Waals surface area (Å²) in [6, 6.07) is 11.6. The lowest BCUT2D eigenvalue weighted by Gasteiger charge is -2.01. The zero-order valence-corrected chi connectivity index (χ0v) is 8.60. The van der Waals surface area contributed by atoms with E-state index < -0.39 is 5.91 Å². The van der Waals surface area contributed by atoms with E-state index in [9.17, 15) is 4.79 Å². The number of nitriles is 1. The summed E-state index contributed by atoms with van der Waals surface area (Å²) in [6.07, 6.45) is 1.48. The number of nitrogens with zero attached hydrogens (tertiary/aromatic N) is 1. The lowest BCUT2D eigenvalue weighted by molar-refractivity contribution is -0.117. The van der Waals surface area contributed by atoms with E-state index in [-0.39, 0.29) is 18.7 Å². The minimum Gasteiger partial charge on any atom is -0.395 e. The lowest BCUT2D eigenvalue weighted by atomic mass is 10.1. The molecule has 1 aromatic rings. The average molecular weight is 215 g/mol. The third-order valence-electron chi connectivity index (χ3n) is 1.80. The molecule has 0 bridgehead atoms. The fraction of sp³-hybridized carbons (Fsp3) is 0.167. The van der Waals surface area contributed by atoms with Crippen LogP contribution in [0.25, 0.3) is 6.08 Å². The zero-order chi connectivity index (χ0) is 11.8. The Balaban J connectivity index is 2.79. The van der Waals surface area contributed by atoms with E-state index in [1.54, 1.807) is 24.3 Å². The molecule has 0 aliphatic heterocycles. The molecule has 0 unspecified atom stereocenters. The summed E-state index contributed by atoms with van der Waals surface area (Å²) >= 11 is 0. The van der Waals surface area contributed by atoms with E-state index in [4.69, 9.17) is 10.4 Å². The number of rotatable bonds is 4. The quantitative estimate of drug-likeness (QED) is 0.567. The Morgan fingerprint density at radius 3 is 3.06 bits per heavy atom. The first-order valence-corrected chi connectivity index (χ1v) is 4.75. The van der Waals surface area contributed by atoms with Crippen molar-refractivity contribution < 1.29 is 9.90 Å². The second-order valence-electron chi connectivity index (χ2n) is 2.99. The van der Waals surface area contributed by atoms with Gasteiger partial charge in [0, 0.05) is 6.54 Å². The number of nitrogens with one attached hydrogen (secondary N) is 1. The molecule has 0 spiro atoms. The highest BCUT2D eigenvalue weighted by Crippen LogP contribution is 2.05. The summed E-state index contributed by atoms with van der Waals surface area (Å²) in [5, 5.41) is 19.8. The molecule has 0 aliphatic carbocycles. The number of hydrogen-bond acceptors (Lipinski definition) is 3. The van der Waals surface area contributed by atoms with Crippen LogP contribution < -0.4 is 5.32 Å². The van der Waals surface area contributed by atoms with Crippen molar-refractivity contribution >= 4 is 12.0 Å². The molecule has 1 rings (SSSR count). The van der Waals surface area contributed by atoms with Crippen LogP contribution in [-0.2, 0) is 4.79 Å². The van der Waals surface area contributed by atoms with Crippen molar-refractivity contribution in [2.24, 2.45) is 0 Å². The number of benzene rings is 1. The first kappa shape index (κ1) is 12.0. The number of aliphatic hydroxyl groups is 1. The van der Waals surface area contributed by atoms with Gasteiger partial charge in [-0.05, 0) is 23.8 Å². The largest absolute Gasteiger partial charge is 0.395 e. The first-order chi connectivity index (χ1) is 7.77. The summed E-state index contributed by atoms with van der Waals surface area (Å²) < 4.78 is 0. The molecule has 0 aliphatic rings. The van der Waals surface area contributed by atoms with Crippen molar-refractivity contribution in [1.29, 1.82) is 5.26 Å². The molecule has 1 radical (unpaired) electrons. The normalized spacial score (nSPS) is 10.6. The van der Waals surface area contributed by atoms with Crippen molar-refractivity contribution in [2.75, 3.05) is 13.2 Å². The van der Waals surface area contributed by atoms with Crippen LogP contribution in [0.2, 0.25) is 0 Å². The summed E-state index contributed by atoms with van der Waals surface area (Å²) in [6.45, 7) is -0.0116. The van der Waals surface area contributed by atoms with Gasteiger partial charge in [0.15, 0.2) is 0 Å². The van der Waals surface area contributed by atoms with Gasteiger partial charge in [-0.2, -0.15) is 5.26 Å².